The summed E-state index contributed by atoms with van der Waals surface area (Å²) in [7, 11) is 0. The van der Waals surface area contributed by atoms with E-state index in [9.17, 15) is 9.59 Å². The van der Waals surface area contributed by atoms with Crippen LogP contribution in [0.15, 0.2) is 85.1 Å². The average Bonchev–Trinajstić information content (AvgIpc) is 3.09. The minimum absolute atomic E-state index is 0.0909. The third-order valence-corrected chi connectivity index (χ3v) is 7.30. The fourth-order valence-electron chi connectivity index (χ4n) is 6.18. The Kier molecular flexibility index (Phi) is 3.22. The number of nitrogens with zero attached hydrogens (tertiary/aromatic N) is 2. The van der Waals surface area contributed by atoms with Gasteiger partial charge >= 0.3 is 0 Å². The molecule has 1 aromatic heterocycles. The van der Waals surface area contributed by atoms with Crippen molar-refractivity contribution in [1.82, 2.24) is 4.98 Å². The molecule has 3 aromatic carbocycles. The number of hydrogen-bond acceptors (Lipinski definition) is 3. The molecule has 1 fully saturated rings. The highest BCUT2D eigenvalue weighted by Crippen LogP contribution is 2.61. The van der Waals surface area contributed by atoms with E-state index in [1.54, 1.807) is 6.20 Å². The predicted molar refractivity (Wildman–Crippen MR) is 118 cm³/mol. The number of aromatic nitrogens is 1. The molecule has 2 atom stereocenters. The quantitative estimate of drug-likeness (QED) is 0.436. The molecule has 148 valence electrons. The zero-order chi connectivity index (χ0) is 20.7. The molecule has 0 spiro atoms. The van der Waals surface area contributed by atoms with Crippen LogP contribution in [0, 0.1) is 11.8 Å². The maximum absolute atomic E-state index is 13.9. The minimum atomic E-state index is -0.374. The molecular formula is C27H18N2O2. The van der Waals surface area contributed by atoms with Crippen molar-refractivity contribution >= 4 is 28.4 Å². The van der Waals surface area contributed by atoms with E-state index in [0.717, 1.165) is 5.39 Å². The number of benzene rings is 3. The summed E-state index contributed by atoms with van der Waals surface area (Å²) < 4.78 is 0. The highest BCUT2D eigenvalue weighted by Gasteiger charge is 2.61. The Morgan fingerprint density at radius 2 is 1.13 bits per heavy atom. The SMILES string of the molecule is O=C1[C@@H]2C3c4ccccc4C(c4ccccc43)[C@H]2C(=O)N1c1cccc2cccnc12. The number of anilines is 1. The lowest BCUT2D eigenvalue weighted by Gasteiger charge is -2.45. The van der Waals surface area contributed by atoms with Gasteiger partial charge in [-0.1, -0.05) is 66.7 Å². The van der Waals surface area contributed by atoms with Gasteiger partial charge in [0.1, 0.15) is 0 Å². The third kappa shape index (κ3) is 2.02. The zero-order valence-electron chi connectivity index (χ0n) is 16.6. The molecule has 1 saturated heterocycles. The van der Waals surface area contributed by atoms with Crippen molar-refractivity contribution in [3.63, 3.8) is 0 Å². The molecule has 2 bridgehead atoms. The van der Waals surface area contributed by atoms with Gasteiger partial charge < -0.3 is 0 Å². The minimum Gasteiger partial charge on any atom is -0.274 e. The van der Waals surface area contributed by atoms with Crippen LogP contribution < -0.4 is 4.90 Å². The van der Waals surface area contributed by atoms with E-state index in [2.05, 4.69) is 29.2 Å². The highest BCUT2D eigenvalue weighted by molar-refractivity contribution is 6.25. The Morgan fingerprint density at radius 3 is 1.68 bits per heavy atom. The van der Waals surface area contributed by atoms with Crippen LogP contribution in [-0.2, 0) is 9.59 Å². The monoisotopic (exact) mass is 402 g/mol. The van der Waals surface area contributed by atoms with Gasteiger partial charge in [-0.3, -0.25) is 14.6 Å². The molecule has 0 saturated carbocycles. The average molecular weight is 402 g/mol. The van der Waals surface area contributed by atoms with Crippen LogP contribution in [0.1, 0.15) is 34.1 Å². The first kappa shape index (κ1) is 16.9. The van der Waals surface area contributed by atoms with Crippen LogP contribution in [0.5, 0.6) is 0 Å². The molecule has 4 aromatic rings. The van der Waals surface area contributed by atoms with Crippen molar-refractivity contribution < 1.29 is 9.59 Å². The number of carbonyl (C=O) groups is 2. The topological polar surface area (TPSA) is 50.3 Å². The summed E-state index contributed by atoms with van der Waals surface area (Å²) in [6.07, 6.45) is 1.71. The number of para-hydroxylation sites is 1. The van der Waals surface area contributed by atoms with Gasteiger partial charge in [0, 0.05) is 23.4 Å². The third-order valence-electron chi connectivity index (χ3n) is 7.30. The molecule has 0 N–H and O–H groups in total. The lowest BCUT2D eigenvalue weighted by molar-refractivity contribution is -0.122. The van der Waals surface area contributed by atoms with Gasteiger partial charge in [-0.25, -0.2) is 4.90 Å². The first-order valence-corrected chi connectivity index (χ1v) is 10.6. The van der Waals surface area contributed by atoms with Gasteiger partial charge in [0.05, 0.1) is 23.0 Å². The van der Waals surface area contributed by atoms with Crippen LogP contribution in [0.4, 0.5) is 5.69 Å². The molecule has 0 unspecified atom stereocenters. The first-order chi connectivity index (χ1) is 15.3. The molecule has 0 radical (unpaired) electrons. The standard InChI is InChI=1S/C27H18N2O2/c30-26-23-21-16-9-1-2-10-17(16)22(19-12-4-3-11-18(19)21)24(23)27(31)29(26)20-13-5-7-15-8-6-14-28-25(15)20/h1-14,21-24H/t21?,22?,23-,24-/m1/s1. The molecule has 4 heteroatoms. The number of rotatable bonds is 1. The van der Waals surface area contributed by atoms with Gasteiger partial charge in [-0.15, -0.1) is 0 Å². The molecule has 3 aliphatic carbocycles. The van der Waals surface area contributed by atoms with Crippen LogP contribution in [0.3, 0.4) is 0 Å². The summed E-state index contributed by atoms with van der Waals surface area (Å²) in [6.45, 7) is 0. The van der Waals surface area contributed by atoms with Crippen molar-refractivity contribution in [3.05, 3.63) is 107 Å². The Labute approximate surface area is 179 Å². The molecule has 8 rings (SSSR count). The van der Waals surface area contributed by atoms with Crippen molar-refractivity contribution in [2.45, 2.75) is 11.8 Å². The molecule has 2 heterocycles. The molecule has 2 amide bonds. The summed E-state index contributed by atoms with van der Waals surface area (Å²) in [6, 6.07) is 26.1. The number of carbonyl (C=O) groups excluding carboxylic acids is 2. The van der Waals surface area contributed by atoms with Crippen LogP contribution in [0.2, 0.25) is 0 Å². The van der Waals surface area contributed by atoms with E-state index in [-0.39, 0.29) is 35.5 Å². The Bertz CT molecular complexity index is 1300. The lowest BCUT2D eigenvalue weighted by Crippen LogP contribution is -2.41. The van der Waals surface area contributed by atoms with E-state index in [0.29, 0.717) is 11.2 Å². The predicted octanol–water partition coefficient (Wildman–Crippen LogP) is 4.63. The van der Waals surface area contributed by atoms with E-state index < -0.39 is 0 Å². The number of pyridine rings is 1. The number of imide groups is 1. The molecule has 4 nitrogen and oxygen atoms in total. The first-order valence-electron chi connectivity index (χ1n) is 10.6. The maximum atomic E-state index is 13.9. The van der Waals surface area contributed by atoms with Crippen LogP contribution in [0.25, 0.3) is 10.9 Å². The number of hydrogen-bond donors (Lipinski definition) is 0. The lowest BCUT2D eigenvalue weighted by atomic mass is 9.55. The van der Waals surface area contributed by atoms with Gasteiger partial charge in [-0.2, -0.15) is 0 Å². The molecular weight excluding hydrogens is 384 g/mol. The zero-order valence-corrected chi connectivity index (χ0v) is 16.6. The Hall–Kier alpha value is -3.79. The van der Waals surface area contributed by atoms with Crippen molar-refractivity contribution in [2.24, 2.45) is 11.8 Å². The summed E-state index contributed by atoms with van der Waals surface area (Å²) in [5.74, 6) is -1.14. The van der Waals surface area contributed by atoms with Gasteiger partial charge in [0.25, 0.3) is 0 Å². The van der Waals surface area contributed by atoms with Gasteiger partial charge in [-0.05, 0) is 34.4 Å². The molecule has 1 aliphatic heterocycles. The van der Waals surface area contributed by atoms with Crippen molar-refractivity contribution in [2.75, 3.05) is 4.90 Å². The maximum Gasteiger partial charge on any atom is 0.238 e. The Balaban J connectivity index is 1.47. The van der Waals surface area contributed by atoms with Crippen molar-refractivity contribution in [1.29, 1.82) is 0 Å². The van der Waals surface area contributed by atoms with E-state index in [1.807, 2.05) is 54.6 Å². The summed E-state index contributed by atoms with van der Waals surface area (Å²) in [5.41, 5.74) is 6.03. The van der Waals surface area contributed by atoms with E-state index >= 15 is 0 Å². The second-order valence-corrected chi connectivity index (χ2v) is 8.63. The van der Waals surface area contributed by atoms with Crippen LogP contribution in [-0.4, -0.2) is 16.8 Å². The van der Waals surface area contributed by atoms with E-state index in [1.165, 1.54) is 27.2 Å². The number of amides is 2. The second-order valence-electron chi connectivity index (χ2n) is 8.63. The summed E-state index contributed by atoms with van der Waals surface area (Å²) in [5, 5.41) is 0.921. The largest absolute Gasteiger partial charge is 0.274 e. The molecule has 4 aliphatic rings. The second kappa shape index (κ2) is 5.88. The normalized spacial score (nSPS) is 25.5. The van der Waals surface area contributed by atoms with Gasteiger partial charge in [0.15, 0.2) is 0 Å². The summed E-state index contributed by atoms with van der Waals surface area (Å²) >= 11 is 0. The van der Waals surface area contributed by atoms with E-state index in [4.69, 9.17) is 0 Å². The smallest absolute Gasteiger partial charge is 0.238 e. The fraction of sp³-hybridized carbons (Fsp3) is 0.148. The number of fused-ring (bicyclic) bond motifs is 1. The van der Waals surface area contributed by atoms with Gasteiger partial charge in [0.2, 0.25) is 11.8 Å². The van der Waals surface area contributed by atoms with Crippen molar-refractivity contribution in [3.8, 4) is 0 Å². The summed E-state index contributed by atoms with van der Waals surface area (Å²) in [4.78, 5) is 33.7. The molecule has 31 heavy (non-hydrogen) atoms. The highest BCUT2D eigenvalue weighted by atomic mass is 16.2. The van der Waals surface area contributed by atoms with Crippen LogP contribution >= 0.6 is 0 Å². The Morgan fingerprint density at radius 1 is 0.613 bits per heavy atom. The fourth-order valence-corrected chi connectivity index (χ4v) is 6.18.